The number of urea groups is 1. The Morgan fingerprint density at radius 1 is 1.29 bits per heavy atom. The molecule has 1 aliphatic heterocycles. The summed E-state index contributed by atoms with van der Waals surface area (Å²) in [6.45, 7) is 0.307. The SMILES string of the molecule is O=C1CCN(c2nc3ccccn3n2)C(=O)N1. The Labute approximate surface area is 96.0 Å². The number of fused-ring (bicyclic) bond motifs is 1. The molecule has 0 aromatic carbocycles. The van der Waals surface area contributed by atoms with Crippen LogP contribution in [0.4, 0.5) is 10.7 Å². The lowest BCUT2D eigenvalue weighted by molar-refractivity contribution is -0.120. The Morgan fingerprint density at radius 3 is 2.94 bits per heavy atom. The van der Waals surface area contributed by atoms with Crippen LogP contribution < -0.4 is 10.2 Å². The molecule has 0 atom stereocenters. The van der Waals surface area contributed by atoms with Crippen molar-refractivity contribution in [1.82, 2.24) is 19.9 Å². The number of nitrogens with one attached hydrogen (secondary N) is 1. The molecule has 86 valence electrons. The highest BCUT2D eigenvalue weighted by atomic mass is 16.2. The number of anilines is 1. The topological polar surface area (TPSA) is 79.6 Å². The van der Waals surface area contributed by atoms with Gasteiger partial charge in [-0.2, -0.15) is 4.98 Å². The van der Waals surface area contributed by atoms with Gasteiger partial charge in [-0.05, 0) is 12.1 Å². The Balaban J connectivity index is 1.98. The van der Waals surface area contributed by atoms with Gasteiger partial charge in [-0.1, -0.05) is 6.07 Å². The van der Waals surface area contributed by atoms with Gasteiger partial charge in [0.25, 0.3) is 5.95 Å². The molecular formula is C10H9N5O2. The second-order valence-corrected chi connectivity index (χ2v) is 3.67. The van der Waals surface area contributed by atoms with Crippen LogP contribution in [0.3, 0.4) is 0 Å². The van der Waals surface area contributed by atoms with Crippen molar-refractivity contribution in [2.75, 3.05) is 11.4 Å². The maximum absolute atomic E-state index is 11.6. The molecule has 7 heteroatoms. The molecule has 3 rings (SSSR count). The number of rotatable bonds is 1. The van der Waals surface area contributed by atoms with Crippen molar-refractivity contribution >= 4 is 23.5 Å². The average molecular weight is 231 g/mol. The molecule has 1 saturated heterocycles. The van der Waals surface area contributed by atoms with E-state index in [0.717, 1.165) is 0 Å². The van der Waals surface area contributed by atoms with E-state index in [1.165, 1.54) is 4.90 Å². The number of carbonyl (C=O) groups excluding carboxylic acids is 2. The second kappa shape index (κ2) is 3.55. The van der Waals surface area contributed by atoms with Gasteiger partial charge in [0.15, 0.2) is 5.65 Å². The molecule has 3 heterocycles. The lowest BCUT2D eigenvalue weighted by atomic mass is 10.3. The molecule has 0 radical (unpaired) electrons. The molecule has 0 saturated carbocycles. The maximum Gasteiger partial charge on any atom is 0.330 e. The van der Waals surface area contributed by atoms with Crippen LogP contribution in [0.5, 0.6) is 0 Å². The van der Waals surface area contributed by atoms with Crippen molar-refractivity contribution in [2.24, 2.45) is 0 Å². The number of nitrogens with zero attached hydrogens (tertiary/aromatic N) is 4. The first-order valence-corrected chi connectivity index (χ1v) is 5.17. The van der Waals surface area contributed by atoms with E-state index in [1.807, 2.05) is 12.1 Å². The second-order valence-electron chi connectivity index (χ2n) is 3.67. The summed E-state index contributed by atoms with van der Waals surface area (Å²) < 4.78 is 1.58. The predicted octanol–water partition coefficient (Wildman–Crippen LogP) is 0.176. The van der Waals surface area contributed by atoms with Gasteiger partial charge in [-0.3, -0.25) is 15.0 Å². The zero-order valence-electron chi connectivity index (χ0n) is 8.83. The molecular weight excluding hydrogens is 222 g/mol. The highest BCUT2D eigenvalue weighted by Gasteiger charge is 2.26. The third-order valence-electron chi connectivity index (χ3n) is 2.53. The Morgan fingerprint density at radius 2 is 2.18 bits per heavy atom. The standard InChI is InChI=1S/C10H9N5O2/c16-8-4-6-14(10(17)12-8)9-11-7-3-1-2-5-15(7)13-9/h1-3,5H,4,6H2,(H,12,16,17). The number of carbonyl (C=O) groups is 2. The van der Waals surface area contributed by atoms with Crippen molar-refractivity contribution in [3.63, 3.8) is 0 Å². The Hall–Kier alpha value is -2.44. The minimum absolute atomic E-state index is 0.265. The number of amides is 3. The largest absolute Gasteiger partial charge is 0.330 e. The van der Waals surface area contributed by atoms with Crippen LogP contribution in [0.25, 0.3) is 5.65 Å². The summed E-state index contributed by atoms with van der Waals surface area (Å²) in [6, 6.07) is 4.99. The minimum atomic E-state index is -0.475. The average Bonchev–Trinajstić information content (AvgIpc) is 2.72. The highest BCUT2D eigenvalue weighted by molar-refractivity contribution is 6.04. The van der Waals surface area contributed by atoms with Crippen LogP contribution in [-0.4, -0.2) is 33.1 Å². The molecule has 1 fully saturated rings. The van der Waals surface area contributed by atoms with E-state index in [0.29, 0.717) is 18.1 Å². The van der Waals surface area contributed by atoms with Crippen LogP contribution >= 0.6 is 0 Å². The van der Waals surface area contributed by atoms with Gasteiger partial charge in [-0.15, -0.1) is 5.10 Å². The van der Waals surface area contributed by atoms with Gasteiger partial charge in [0.1, 0.15) is 0 Å². The lowest BCUT2D eigenvalue weighted by Crippen LogP contribution is -2.50. The third-order valence-corrected chi connectivity index (χ3v) is 2.53. The van der Waals surface area contributed by atoms with Crippen molar-refractivity contribution in [3.8, 4) is 0 Å². The number of pyridine rings is 1. The van der Waals surface area contributed by atoms with Gasteiger partial charge in [-0.25, -0.2) is 9.31 Å². The van der Waals surface area contributed by atoms with Crippen LogP contribution in [0.1, 0.15) is 6.42 Å². The zero-order valence-corrected chi connectivity index (χ0v) is 8.83. The van der Waals surface area contributed by atoms with Crippen LogP contribution in [0.2, 0.25) is 0 Å². The minimum Gasteiger partial charge on any atom is -0.278 e. The number of aromatic nitrogens is 3. The monoisotopic (exact) mass is 231 g/mol. The molecule has 17 heavy (non-hydrogen) atoms. The van der Waals surface area contributed by atoms with Crippen molar-refractivity contribution in [2.45, 2.75) is 6.42 Å². The van der Waals surface area contributed by atoms with Crippen molar-refractivity contribution < 1.29 is 9.59 Å². The molecule has 3 amide bonds. The summed E-state index contributed by atoms with van der Waals surface area (Å²) >= 11 is 0. The maximum atomic E-state index is 11.6. The number of hydrogen-bond donors (Lipinski definition) is 1. The molecule has 0 spiro atoms. The van der Waals surface area contributed by atoms with E-state index in [4.69, 9.17) is 0 Å². The van der Waals surface area contributed by atoms with Gasteiger partial charge < -0.3 is 0 Å². The van der Waals surface area contributed by atoms with Gasteiger partial charge in [0, 0.05) is 19.2 Å². The van der Waals surface area contributed by atoms with E-state index >= 15 is 0 Å². The molecule has 2 aromatic rings. The smallest absolute Gasteiger partial charge is 0.278 e. The molecule has 0 bridgehead atoms. The van der Waals surface area contributed by atoms with Crippen molar-refractivity contribution in [3.05, 3.63) is 24.4 Å². The van der Waals surface area contributed by atoms with Crippen LogP contribution in [0.15, 0.2) is 24.4 Å². The fourth-order valence-electron chi connectivity index (χ4n) is 1.69. The molecule has 0 aliphatic carbocycles. The van der Waals surface area contributed by atoms with E-state index in [-0.39, 0.29) is 12.3 Å². The molecule has 1 N–H and O–H groups in total. The van der Waals surface area contributed by atoms with Gasteiger partial charge in [0.2, 0.25) is 5.91 Å². The van der Waals surface area contributed by atoms with E-state index in [1.54, 1.807) is 16.8 Å². The summed E-state index contributed by atoms with van der Waals surface area (Å²) in [7, 11) is 0. The first kappa shape index (κ1) is 9.76. The van der Waals surface area contributed by atoms with Crippen molar-refractivity contribution in [1.29, 1.82) is 0 Å². The zero-order chi connectivity index (χ0) is 11.8. The quantitative estimate of drug-likeness (QED) is 0.759. The summed E-state index contributed by atoms with van der Waals surface area (Å²) in [4.78, 5) is 28.2. The van der Waals surface area contributed by atoms with Gasteiger partial charge >= 0.3 is 6.03 Å². The fourth-order valence-corrected chi connectivity index (χ4v) is 1.69. The Bertz CT molecular complexity index is 573. The van der Waals surface area contributed by atoms with Crippen LogP contribution in [-0.2, 0) is 4.79 Å². The van der Waals surface area contributed by atoms with E-state index in [2.05, 4.69) is 15.4 Å². The predicted molar refractivity (Wildman–Crippen MR) is 58.5 cm³/mol. The van der Waals surface area contributed by atoms with E-state index in [9.17, 15) is 9.59 Å². The molecule has 2 aromatic heterocycles. The molecule has 0 unspecified atom stereocenters. The first-order chi connectivity index (χ1) is 8.24. The highest BCUT2D eigenvalue weighted by Crippen LogP contribution is 2.13. The summed E-state index contributed by atoms with van der Waals surface area (Å²) in [5.74, 6) is 0.0382. The number of hydrogen-bond acceptors (Lipinski definition) is 4. The summed E-state index contributed by atoms with van der Waals surface area (Å²) in [5, 5.41) is 6.40. The van der Waals surface area contributed by atoms with Gasteiger partial charge in [0.05, 0.1) is 0 Å². The molecule has 1 aliphatic rings. The lowest BCUT2D eigenvalue weighted by Gasteiger charge is -2.22. The first-order valence-electron chi connectivity index (χ1n) is 5.17. The normalized spacial score (nSPS) is 16.4. The fraction of sp³-hybridized carbons (Fsp3) is 0.200. The van der Waals surface area contributed by atoms with Crippen LogP contribution in [0, 0.1) is 0 Å². The Kier molecular flexibility index (Phi) is 2.04. The summed E-state index contributed by atoms with van der Waals surface area (Å²) in [5.41, 5.74) is 0.659. The third kappa shape index (κ3) is 1.61. The summed E-state index contributed by atoms with van der Waals surface area (Å²) in [6.07, 6.45) is 2.01. The number of imide groups is 1. The molecule has 7 nitrogen and oxygen atoms in total. The van der Waals surface area contributed by atoms with E-state index < -0.39 is 6.03 Å².